The highest BCUT2D eigenvalue weighted by atomic mass is 16.2. The molecule has 1 aliphatic heterocycles. The molecule has 0 atom stereocenters. The van der Waals surface area contributed by atoms with E-state index in [1.54, 1.807) is 24.3 Å². The van der Waals surface area contributed by atoms with Gasteiger partial charge in [0.05, 0.1) is 10.9 Å². The lowest BCUT2D eigenvalue weighted by Gasteiger charge is -2.23. The summed E-state index contributed by atoms with van der Waals surface area (Å²) in [5, 5.41) is 6.49. The van der Waals surface area contributed by atoms with Crippen LogP contribution in [0.5, 0.6) is 0 Å². The van der Waals surface area contributed by atoms with Gasteiger partial charge in [0.2, 0.25) is 5.91 Å². The molecule has 3 rings (SSSR count). The number of aromatic nitrogens is 2. The number of carbonyl (C=O) groups is 1. The van der Waals surface area contributed by atoms with Gasteiger partial charge in [0.25, 0.3) is 5.56 Å². The molecule has 7 nitrogen and oxygen atoms in total. The minimum atomic E-state index is -0.566. The monoisotopic (exact) mass is 302 g/mol. The molecule has 1 aliphatic rings. The first-order valence-electron chi connectivity index (χ1n) is 7.37. The number of fused-ring (bicyclic) bond motifs is 1. The second-order valence-corrected chi connectivity index (χ2v) is 5.46. The van der Waals surface area contributed by atoms with Gasteiger partial charge in [-0.05, 0) is 38.1 Å². The average molecular weight is 302 g/mol. The van der Waals surface area contributed by atoms with E-state index in [0.717, 1.165) is 30.5 Å². The second kappa shape index (κ2) is 6.15. The lowest BCUT2D eigenvalue weighted by atomic mass is 10.1. The number of nitrogens with zero attached hydrogens (tertiary/aromatic N) is 1. The molecule has 22 heavy (non-hydrogen) atoms. The van der Waals surface area contributed by atoms with Crippen LogP contribution in [0.4, 0.5) is 0 Å². The van der Waals surface area contributed by atoms with Crippen LogP contribution in [0, 0.1) is 0 Å². The molecule has 1 aromatic heterocycles. The smallest absolute Gasteiger partial charge is 0.329 e. The highest BCUT2D eigenvalue weighted by molar-refractivity contribution is 5.79. The molecule has 7 heteroatoms. The molecule has 0 spiro atoms. The molecule has 1 amide bonds. The van der Waals surface area contributed by atoms with Crippen LogP contribution in [-0.2, 0) is 11.3 Å². The number of piperidine rings is 1. The molecule has 0 bridgehead atoms. The highest BCUT2D eigenvalue weighted by Gasteiger charge is 2.17. The van der Waals surface area contributed by atoms with Crippen LogP contribution in [0.25, 0.3) is 10.9 Å². The highest BCUT2D eigenvalue weighted by Crippen LogP contribution is 2.03. The normalized spacial score (nSPS) is 15.8. The average Bonchev–Trinajstić information content (AvgIpc) is 2.52. The standard InChI is InChI=1S/C15H18N4O3/c20-13(17-10-5-7-16-8-6-10)9-19-14(21)11-3-1-2-4-12(11)18-15(19)22/h1-4,10,16H,5-9H2,(H,17,20)(H,18,22). The second-order valence-electron chi connectivity index (χ2n) is 5.46. The summed E-state index contributed by atoms with van der Waals surface area (Å²) in [4.78, 5) is 39.0. The third-order valence-electron chi connectivity index (χ3n) is 3.90. The van der Waals surface area contributed by atoms with Gasteiger partial charge in [0.1, 0.15) is 6.54 Å². The summed E-state index contributed by atoms with van der Waals surface area (Å²) in [5.41, 5.74) is -0.531. The number of para-hydroxylation sites is 1. The van der Waals surface area contributed by atoms with Gasteiger partial charge >= 0.3 is 5.69 Å². The number of H-pyrrole nitrogens is 1. The van der Waals surface area contributed by atoms with Crippen molar-refractivity contribution in [2.24, 2.45) is 0 Å². The van der Waals surface area contributed by atoms with Crippen molar-refractivity contribution in [3.63, 3.8) is 0 Å². The predicted molar refractivity (Wildman–Crippen MR) is 82.9 cm³/mol. The van der Waals surface area contributed by atoms with E-state index in [1.807, 2.05) is 0 Å². The summed E-state index contributed by atoms with van der Waals surface area (Å²) in [6.45, 7) is 1.46. The maximum absolute atomic E-state index is 12.3. The number of rotatable bonds is 3. The quantitative estimate of drug-likeness (QED) is 0.716. The first kappa shape index (κ1) is 14.5. The van der Waals surface area contributed by atoms with Crippen LogP contribution < -0.4 is 21.9 Å². The molecule has 0 radical (unpaired) electrons. The zero-order chi connectivity index (χ0) is 15.5. The molecule has 0 aliphatic carbocycles. The van der Waals surface area contributed by atoms with Crippen LogP contribution in [0.15, 0.2) is 33.9 Å². The summed E-state index contributed by atoms with van der Waals surface area (Å²) in [6.07, 6.45) is 1.71. The maximum Gasteiger partial charge on any atom is 0.329 e. The molecule has 1 fully saturated rings. The Morgan fingerprint density at radius 1 is 1.23 bits per heavy atom. The van der Waals surface area contributed by atoms with Gasteiger partial charge in [-0.25, -0.2) is 4.79 Å². The van der Waals surface area contributed by atoms with E-state index >= 15 is 0 Å². The van der Waals surface area contributed by atoms with E-state index < -0.39 is 11.2 Å². The first-order valence-corrected chi connectivity index (χ1v) is 7.37. The van der Waals surface area contributed by atoms with Crippen molar-refractivity contribution >= 4 is 16.8 Å². The van der Waals surface area contributed by atoms with Gasteiger partial charge < -0.3 is 15.6 Å². The Labute approximate surface area is 126 Å². The third-order valence-corrected chi connectivity index (χ3v) is 3.90. The Hall–Kier alpha value is -2.41. The fourth-order valence-corrected chi connectivity index (χ4v) is 2.73. The predicted octanol–water partition coefficient (Wildman–Crippen LogP) is -0.442. The molecule has 0 saturated carbocycles. The molecular weight excluding hydrogens is 284 g/mol. The van der Waals surface area contributed by atoms with Crippen molar-refractivity contribution in [2.75, 3.05) is 13.1 Å². The Morgan fingerprint density at radius 3 is 2.73 bits per heavy atom. The van der Waals surface area contributed by atoms with E-state index in [2.05, 4.69) is 15.6 Å². The van der Waals surface area contributed by atoms with Gasteiger partial charge in [0.15, 0.2) is 0 Å². The van der Waals surface area contributed by atoms with Crippen molar-refractivity contribution in [2.45, 2.75) is 25.4 Å². The Morgan fingerprint density at radius 2 is 1.95 bits per heavy atom. The fourth-order valence-electron chi connectivity index (χ4n) is 2.73. The van der Waals surface area contributed by atoms with Crippen molar-refractivity contribution in [1.29, 1.82) is 0 Å². The molecule has 2 heterocycles. The van der Waals surface area contributed by atoms with E-state index in [1.165, 1.54) is 0 Å². The minimum absolute atomic E-state index is 0.101. The number of amides is 1. The van der Waals surface area contributed by atoms with E-state index in [9.17, 15) is 14.4 Å². The van der Waals surface area contributed by atoms with Crippen molar-refractivity contribution in [3.8, 4) is 0 Å². The lowest BCUT2D eigenvalue weighted by Crippen LogP contribution is -2.46. The largest absolute Gasteiger partial charge is 0.352 e. The fraction of sp³-hybridized carbons (Fsp3) is 0.400. The van der Waals surface area contributed by atoms with Crippen LogP contribution in [0.2, 0.25) is 0 Å². The number of hydrogen-bond acceptors (Lipinski definition) is 4. The number of aromatic amines is 1. The maximum atomic E-state index is 12.3. The topological polar surface area (TPSA) is 96.0 Å². The number of nitrogens with one attached hydrogen (secondary N) is 3. The molecule has 116 valence electrons. The van der Waals surface area contributed by atoms with Crippen LogP contribution in [0.3, 0.4) is 0 Å². The van der Waals surface area contributed by atoms with Crippen molar-refractivity contribution < 1.29 is 4.79 Å². The van der Waals surface area contributed by atoms with Crippen LogP contribution >= 0.6 is 0 Å². The van der Waals surface area contributed by atoms with Crippen LogP contribution in [0.1, 0.15) is 12.8 Å². The minimum Gasteiger partial charge on any atom is -0.352 e. The lowest BCUT2D eigenvalue weighted by molar-refractivity contribution is -0.122. The summed E-state index contributed by atoms with van der Waals surface area (Å²) >= 11 is 0. The van der Waals surface area contributed by atoms with Gasteiger partial charge in [0, 0.05) is 6.04 Å². The van der Waals surface area contributed by atoms with E-state index in [-0.39, 0.29) is 18.5 Å². The van der Waals surface area contributed by atoms with Gasteiger partial charge in [-0.15, -0.1) is 0 Å². The van der Waals surface area contributed by atoms with E-state index in [0.29, 0.717) is 10.9 Å². The Balaban J connectivity index is 1.82. The number of benzene rings is 1. The third kappa shape index (κ3) is 2.94. The van der Waals surface area contributed by atoms with Gasteiger partial charge in [-0.2, -0.15) is 0 Å². The number of carbonyl (C=O) groups excluding carboxylic acids is 1. The zero-order valence-corrected chi connectivity index (χ0v) is 12.1. The Kier molecular flexibility index (Phi) is 4.06. The summed E-state index contributed by atoms with van der Waals surface area (Å²) in [6, 6.07) is 6.86. The summed E-state index contributed by atoms with van der Waals surface area (Å²) in [5.74, 6) is -0.310. The van der Waals surface area contributed by atoms with E-state index in [4.69, 9.17) is 0 Å². The summed E-state index contributed by atoms with van der Waals surface area (Å²) in [7, 11) is 0. The van der Waals surface area contributed by atoms with Crippen molar-refractivity contribution in [1.82, 2.24) is 20.2 Å². The zero-order valence-electron chi connectivity index (χ0n) is 12.1. The SMILES string of the molecule is O=C(Cn1c(=O)[nH]c2ccccc2c1=O)NC1CCNCC1. The summed E-state index contributed by atoms with van der Waals surface area (Å²) < 4.78 is 0.943. The molecular formula is C15H18N4O3. The van der Waals surface area contributed by atoms with Crippen molar-refractivity contribution in [3.05, 3.63) is 45.1 Å². The molecule has 0 unspecified atom stereocenters. The first-order chi connectivity index (χ1) is 10.6. The molecule has 1 aromatic carbocycles. The van der Waals surface area contributed by atoms with Crippen LogP contribution in [-0.4, -0.2) is 34.6 Å². The Bertz CT molecular complexity index is 802. The van der Waals surface area contributed by atoms with Gasteiger partial charge in [-0.1, -0.05) is 12.1 Å². The number of hydrogen-bond donors (Lipinski definition) is 3. The molecule has 1 saturated heterocycles. The molecule has 3 N–H and O–H groups in total. The molecule has 2 aromatic rings. The van der Waals surface area contributed by atoms with Gasteiger partial charge in [-0.3, -0.25) is 14.2 Å².